The van der Waals surface area contributed by atoms with E-state index in [9.17, 15) is 26.0 Å². The van der Waals surface area contributed by atoms with Crippen LogP contribution in [-0.4, -0.2) is 13.6 Å². The Kier molecular flexibility index (Phi) is 3.08. The molecule has 0 saturated carbocycles. The summed E-state index contributed by atoms with van der Waals surface area (Å²) in [5.74, 6) is -8.66. The molecule has 1 rings (SSSR count). The largest absolute Gasteiger partial charge is 0.291 e. The number of hydrogen-bond acceptors (Lipinski definition) is 4. The first-order valence-corrected chi connectivity index (χ1v) is 5.05. The van der Waals surface area contributed by atoms with Crippen LogP contribution < -0.4 is 10.6 Å². The van der Waals surface area contributed by atoms with Gasteiger partial charge in [-0.15, -0.1) is 0 Å². The van der Waals surface area contributed by atoms with Crippen molar-refractivity contribution in [2.45, 2.75) is 4.90 Å². The zero-order chi connectivity index (χ0) is 12.7. The van der Waals surface area contributed by atoms with Gasteiger partial charge in [0.15, 0.2) is 28.2 Å². The fourth-order valence-electron chi connectivity index (χ4n) is 0.960. The van der Waals surface area contributed by atoms with Gasteiger partial charge in [0.05, 0.1) is 0 Å². The average Bonchev–Trinajstić information content (AvgIpc) is 2.14. The van der Waals surface area contributed by atoms with E-state index in [2.05, 4.69) is 5.14 Å². The third-order valence-corrected chi connectivity index (χ3v) is 2.55. The summed E-state index contributed by atoms with van der Waals surface area (Å²) in [4.78, 5) is -1.94. The van der Waals surface area contributed by atoms with E-state index in [-0.39, 0.29) is 0 Å². The van der Waals surface area contributed by atoms with Crippen molar-refractivity contribution in [3.8, 4) is 0 Å². The van der Waals surface area contributed by atoms with Gasteiger partial charge in [0.1, 0.15) is 5.69 Å². The molecule has 0 fully saturated rings. The van der Waals surface area contributed by atoms with E-state index in [0.29, 0.717) is 0 Å². The number of rotatable bonds is 2. The van der Waals surface area contributed by atoms with E-state index in [4.69, 9.17) is 5.21 Å². The third kappa shape index (κ3) is 1.81. The highest BCUT2D eigenvalue weighted by molar-refractivity contribution is 7.89. The zero-order valence-electron chi connectivity index (χ0n) is 7.26. The SMILES string of the molecule is NS(=O)(=O)c1c(F)c(F)c(NO)c(F)c1F. The molecular weight excluding hydrogens is 256 g/mol. The van der Waals surface area contributed by atoms with Crippen LogP contribution in [0, 0.1) is 23.3 Å². The van der Waals surface area contributed by atoms with Gasteiger partial charge in [0, 0.05) is 0 Å². The van der Waals surface area contributed by atoms with Gasteiger partial charge < -0.3 is 0 Å². The lowest BCUT2D eigenvalue weighted by atomic mass is 10.2. The van der Waals surface area contributed by atoms with Crippen LogP contribution in [0.2, 0.25) is 0 Å². The van der Waals surface area contributed by atoms with Gasteiger partial charge in [-0.25, -0.2) is 31.1 Å². The second-order valence-corrected chi connectivity index (χ2v) is 4.12. The lowest BCUT2D eigenvalue weighted by molar-refractivity contribution is 0.361. The summed E-state index contributed by atoms with van der Waals surface area (Å²) < 4.78 is 73.1. The Hall–Kier alpha value is -1.39. The summed E-state index contributed by atoms with van der Waals surface area (Å²) in [6.07, 6.45) is 0. The molecule has 16 heavy (non-hydrogen) atoms. The summed E-state index contributed by atoms with van der Waals surface area (Å²) in [6.45, 7) is 0. The summed E-state index contributed by atoms with van der Waals surface area (Å²) in [7, 11) is -4.97. The zero-order valence-corrected chi connectivity index (χ0v) is 8.08. The van der Waals surface area contributed by atoms with E-state index in [0.717, 1.165) is 5.48 Å². The molecule has 4 N–H and O–H groups in total. The molecule has 1 aromatic rings. The van der Waals surface area contributed by atoms with E-state index < -0.39 is 43.9 Å². The Morgan fingerprint density at radius 2 is 1.38 bits per heavy atom. The molecule has 1 aromatic carbocycles. The van der Waals surface area contributed by atoms with Crippen LogP contribution >= 0.6 is 0 Å². The number of nitrogens with one attached hydrogen (secondary N) is 1. The molecule has 0 unspecified atom stereocenters. The Bertz CT molecular complexity index is 516. The summed E-state index contributed by atoms with van der Waals surface area (Å²) >= 11 is 0. The molecule has 5 nitrogen and oxygen atoms in total. The van der Waals surface area contributed by atoms with Gasteiger partial charge >= 0.3 is 0 Å². The lowest BCUT2D eigenvalue weighted by Gasteiger charge is -2.08. The van der Waals surface area contributed by atoms with Crippen molar-refractivity contribution in [1.29, 1.82) is 0 Å². The van der Waals surface area contributed by atoms with Crippen LogP contribution in [0.5, 0.6) is 0 Å². The highest BCUT2D eigenvalue weighted by Gasteiger charge is 2.31. The molecule has 0 bridgehead atoms. The minimum absolute atomic E-state index is 0.858. The van der Waals surface area contributed by atoms with Gasteiger partial charge in [0.25, 0.3) is 0 Å². The standard InChI is InChI=1S/C6H4F4N2O3S/c7-1-3(9)6(16(11,14)15)4(10)2(8)5(1)12-13/h12-13H,(H2,11,14,15). The minimum atomic E-state index is -4.97. The molecule has 0 radical (unpaired) electrons. The second kappa shape index (κ2) is 3.88. The van der Waals surface area contributed by atoms with Crippen LogP contribution in [0.1, 0.15) is 0 Å². The van der Waals surface area contributed by atoms with Crippen molar-refractivity contribution in [2.24, 2.45) is 5.14 Å². The number of hydrogen-bond donors (Lipinski definition) is 3. The van der Waals surface area contributed by atoms with Crippen LogP contribution in [0.15, 0.2) is 4.90 Å². The Morgan fingerprint density at radius 3 is 1.62 bits per heavy atom. The van der Waals surface area contributed by atoms with Crippen molar-refractivity contribution in [3.05, 3.63) is 23.3 Å². The Balaban J connectivity index is 3.82. The molecule has 90 valence electrons. The van der Waals surface area contributed by atoms with Crippen LogP contribution in [0.4, 0.5) is 23.2 Å². The molecule has 0 amide bonds. The smallest absolute Gasteiger partial charge is 0.244 e. The highest BCUT2D eigenvalue weighted by atomic mass is 32.2. The summed E-state index contributed by atoms with van der Waals surface area (Å²) in [5, 5.41) is 12.6. The third-order valence-electron chi connectivity index (χ3n) is 1.62. The van der Waals surface area contributed by atoms with E-state index >= 15 is 0 Å². The van der Waals surface area contributed by atoms with Crippen molar-refractivity contribution in [2.75, 3.05) is 5.48 Å². The lowest BCUT2D eigenvalue weighted by Crippen LogP contribution is -2.19. The number of benzene rings is 1. The van der Waals surface area contributed by atoms with Crippen molar-refractivity contribution in [3.63, 3.8) is 0 Å². The molecule has 0 atom stereocenters. The normalized spacial score (nSPS) is 11.6. The second-order valence-electron chi connectivity index (χ2n) is 2.62. The maximum atomic E-state index is 13.0. The van der Waals surface area contributed by atoms with Crippen LogP contribution in [0.25, 0.3) is 0 Å². The monoisotopic (exact) mass is 260 g/mol. The molecular formula is C6H4F4N2O3S. The van der Waals surface area contributed by atoms with Gasteiger partial charge in [-0.1, -0.05) is 0 Å². The first-order valence-electron chi connectivity index (χ1n) is 3.50. The predicted molar refractivity (Wildman–Crippen MR) is 43.1 cm³/mol. The van der Waals surface area contributed by atoms with E-state index in [1.807, 2.05) is 0 Å². The van der Waals surface area contributed by atoms with E-state index in [1.54, 1.807) is 0 Å². The maximum absolute atomic E-state index is 13.0. The first-order chi connectivity index (χ1) is 7.21. The van der Waals surface area contributed by atoms with Crippen molar-refractivity contribution >= 4 is 15.7 Å². The molecule has 0 heterocycles. The van der Waals surface area contributed by atoms with Crippen molar-refractivity contribution < 1.29 is 31.2 Å². The quantitative estimate of drug-likeness (QED) is 0.414. The number of nitrogens with two attached hydrogens (primary N) is 1. The first kappa shape index (κ1) is 12.7. The summed E-state index contributed by atoms with van der Waals surface area (Å²) in [5.41, 5.74) is -0.695. The fourth-order valence-corrected chi connectivity index (χ4v) is 1.64. The number of sulfonamides is 1. The van der Waals surface area contributed by atoms with Gasteiger partial charge in [-0.3, -0.25) is 10.7 Å². The average molecular weight is 260 g/mol. The maximum Gasteiger partial charge on any atom is 0.244 e. The molecule has 0 spiro atoms. The molecule has 0 saturated heterocycles. The number of anilines is 1. The molecule has 10 heteroatoms. The fraction of sp³-hybridized carbons (Fsp3) is 0. The van der Waals surface area contributed by atoms with Gasteiger partial charge in [-0.05, 0) is 0 Å². The molecule has 0 aliphatic rings. The highest BCUT2D eigenvalue weighted by Crippen LogP contribution is 2.29. The molecule has 0 aliphatic carbocycles. The van der Waals surface area contributed by atoms with Crippen LogP contribution in [0.3, 0.4) is 0 Å². The number of primary sulfonamides is 1. The molecule has 0 aromatic heterocycles. The van der Waals surface area contributed by atoms with Crippen LogP contribution in [-0.2, 0) is 10.0 Å². The van der Waals surface area contributed by atoms with E-state index in [1.165, 1.54) is 0 Å². The Labute approximate surface area is 86.5 Å². The topological polar surface area (TPSA) is 92.4 Å². The summed E-state index contributed by atoms with van der Waals surface area (Å²) in [6, 6.07) is 0. The van der Waals surface area contributed by atoms with Gasteiger partial charge in [-0.2, -0.15) is 0 Å². The van der Waals surface area contributed by atoms with Crippen molar-refractivity contribution in [1.82, 2.24) is 0 Å². The Morgan fingerprint density at radius 1 is 1.00 bits per heavy atom. The number of halogens is 4. The minimum Gasteiger partial charge on any atom is -0.291 e. The molecule has 0 aliphatic heterocycles. The predicted octanol–water partition coefficient (Wildman–Crippen LogP) is 0.692. The van der Waals surface area contributed by atoms with Gasteiger partial charge in [0.2, 0.25) is 10.0 Å².